The minimum Gasteiger partial charge on any atom is -0.444 e. The first kappa shape index (κ1) is 15.8. The Labute approximate surface area is 125 Å². The molecule has 7 heteroatoms. The summed E-state index contributed by atoms with van der Waals surface area (Å²) in [4.78, 5) is 12.7. The van der Waals surface area contributed by atoms with Crippen LogP contribution < -0.4 is 4.72 Å². The quantitative estimate of drug-likeness (QED) is 0.858. The van der Waals surface area contributed by atoms with Crippen LogP contribution in [-0.2, 0) is 20.5 Å². The molecular weight excluding hydrogens is 292 g/mol. The van der Waals surface area contributed by atoms with Gasteiger partial charge in [-0.2, -0.15) is 0 Å². The monoisotopic (exact) mass is 312 g/mol. The number of nitrogens with one attached hydrogen (secondary N) is 1. The molecule has 0 spiro atoms. The van der Waals surface area contributed by atoms with Crippen LogP contribution in [0.2, 0.25) is 0 Å². The molecule has 1 aromatic rings. The van der Waals surface area contributed by atoms with Crippen LogP contribution in [0.3, 0.4) is 0 Å². The van der Waals surface area contributed by atoms with Crippen molar-refractivity contribution in [1.29, 1.82) is 0 Å². The first-order chi connectivity index (χ1) is 9.85. The van der Waals surface area contributed by atoms with Crippen molar-refractivity contribution in [3.05, 3.63) is 35.4 Å². The van der Waals surface area contributed by atoms with Gasteiger partial charge in [-0.05, 0) is 18.9 Å². The topological polar surface area (TPSA) is 75.7 Å². The van der Waals surface area contributed by atoms with E-state index >= 15 is 0 Å². The van der Waals surface area contributed by atoms with Crippen molar-refractivity contribution in [3.63, 3.8) is 0 Å². The van der Waals surface area contributed by atoms with Crippen molar-refractivity contribution in [2.45, 2.75) is 25.2 Å². The number of benzene rings is 1. The fourth-order valence-corrected chi connectivity index (χ4v) is 3.29. The average Bonchev–Trinajstić information content (AvgIpc) is 2.71. The number of sulfonamides is 1. The molecule has 1 atom stereocenters. The van der Waals surface area contributed by atoms with Crippen LogP contribution in [0, 0.1) is 6.92 Å². The smallest absolute Gasteiger partial charge is 0.409 e. The Morgan fingerprint density at radius 1 is 1.33 bits per heavy atom. The maximum absolute atomic E-state index is 12.0. The van der Waals surface area contributed by atoms with Crippen molar-refractivity contribution in [3.8, 4) is 0 Å². The summed E-state index contributed by atoms with van der Waals surface area (Å²) < 4.78 is 31.5. The van der Waals surface area contributed by atoms with Crippen LogP contribution in [0.1, 0.15) is 17.5 Å². The van der Waals surface area contributed by atoms with E-state index in [9.17, 15) is 13.2 Å². The summed E-state index contributed by atoms with van der Waals surface area (Å²) in [6.07, 6.45) is -0.129. The summed E-state index contributed by atoms with van der Waals surface area (Å²) in [5, 5.41) is 0. The van der Waals surface area contributed by atoms with E-state index in [0.717, 1.165) is 11.1 Å². The van der Waals surface area contributed by atoms with Gasteiger partial charge in [0.2, 0.25) is 10.0 Å². The number of hydrogen-bond acceptors (Lipinski definition) is 4. The van der Waals surface area contributed by atoms with Gasteiger partial charge in [0.25, 0.3) is 0 Å². The molecule has 0 aliphatic carbocycles. The second-order valence-electron chi connectivity index (χ2n) is 5.31. The van der Waals surface area contributed by atoms with Crippen LogP contribution in [0.4, 0.5) is 4.79 Å². The van der Waals surface area contributed by atoms with Crippen molar-refractivity contribution < 1.29 is 17.9 Å². The highest BCUT2D eigenvalue weighted by atomic mass is 32.2. The van der Waals surface area contributed by atoms with E-state index in [0.29, 0.717) is 13.0 Å². The molecule has 2 rings (SSSR count). The Balaban J connectivity index is 1.79. The number of nitrogens with zero attached hydrogens (tertiary/aromatic N) is 1. The van der Waals surface area contributed by atoms with E-state index in [1.165, 1.54) is 4.90 Å². The Morgan fingerprint density at radius 2 is 2.00 bits per heavy atom. The third-order valence-electron chi connectivity index (χ3n) is 3.32. The first-order valence-electron chi connectivity index (χ1n) is 6.80. The lowest BCUT2D eigenvalue weighted by Gasteiger charge is -2.10. The van der Waals surface area contributed by atoms with Crippen molar-refractivity contribution in [1.82, 2.24) is 9.62 Å². The van der Waals surface area contributed by atoms with Gasteiger partial charge in [0.1, 0.15) is 6.10 Å². The number of cyclic esters (lactones) is 1. The van der Waals surface area contributed by atoms with Gasteiger partial charge >= 0.3 is 6.09 Å². The number of carbonyl (C=O) groups excluding carboxylic acids is 1. The standard InChI is InChI=1S/C14H20N2O4S/c1-11-3-5-12(6-4-11)10-21(18,19)15-8-7-13-9-16(2)14(17)20-13/h3-6,13,15H,7-10H2,1-2H3. The molecule has 0 saturated carbocycles. The molecule has 6 nitrogen and oxygen atoms in total. The molecule has 1 N–H and O–H groups in total. The summed E-state index contributed by atoms with van der Waals surface area (Å²) in [7, 11) is -1.71. The maximum Gasteiger partial charge on any atom is 0.409 e. The zero-order valence-corrected chi connectivity index (χ0v) is 13.0. The molecule has 1 amide bonds. The third-order valence-corrected chi connectivity index (χ3v) is 4.68. The maximum atomic E-state index is 12.0. The molecule has 0 radical (unpaired) electrons. The number of hydrogen-bond donors (Lipinski definition) is 1. The van der Waals surface area contributed by atoms with E-state index in [1.54, 1.807) is 7.05 Å². The van der Waals surface area contributed by atoms with Gasteiger partial charge in [-0.15, -0.1) is 0 Å². The highest BCUT2D eigenvalue weighted by Crippen LogP contribution is 2.12. The van der Waals surface area contributed by atoms with Crippen LogP contribution in [0.5, 0.6) is 0 Å². The molecule has 21 heavy (non-hydrogen) atoms. The second kappa shape index (κ2) is 6.44. The van der Waals surface area contributed by atoms with E-state index in [-0.39, 0.29) is 24.5 Å². The number of likely N-dealkylation sites (N-methyl/N-ethyl adjacent to an activating group) is 1. The summed E-state index contributed by atoms with van der Waals surface area (Å²) >= 11 is 0. The Hall–Kier alpha value is -1.60. The Bertz CT molecular complexity index is 598. The molecule has 0 aromatic heterocycles. The van der Waals surface area contributed by atoms with E-state index in [4.69, 9.17) is 4.74 Å². The molecular formula is C14H20N2O4S. The number of ether oxygens (including phenoxy) is 1. The normalized spacial score (nSPS) is 18.9. The third kappa shape index (κ3) is 4.71. The fraction of sp³-hybridized carbons (Fsp3) is 0.500. The van der Waals surface area contributed by atoms with E-state index in [2.05, 4.69) is 4.72 Å². The largest absolute Gasteiger partial charge is 0.444 e. The molecule has 1 fully saturated rings. The van der Waals surface area contributed by atoms with Crippen molar-refractivity contribution in [2.75, 3.05) is 20.1 Å². The number of carbonyl (C=O) groups is 1. The molecule has 1 saturated heterocycles. The predicted octanol–water partition coefficient (Wildman–Crippen LogP) is 1.26. The molecule has 0 bridgehead atoms. The zero-order chi connectivity index (χ0) is 15.5. The average molecular weight is 312 g/mol. The summed E-state index contributed by atoms with van der Waals surface area (Å²) in [5.74, 6) is -0.0440. The van der Waals surface area contributed by atoms with Crippen LogP contribution in [0.25, 0.3) is 0 Å². The minimum absolute atomic E-state index is 0.0440. The number of rotatable bonds is 6. The minimum atomic E-state index is -3.37. The van der Waals surface area contributed by atoms with Crippen molar-refractivity contribution in [2.24, 2.45) is 0 Å². The predicted molar refractivity (Wildman–Crippen MR) is 79.3 cm³/mol. The molecule has 1 aromatic carbocycles. The second-order valence-corrected chi connectivity index (χ2v) is 7.12. The first-order valence-corrected chi connectivity index (χ1v) is 8.45. The fourth-order valence-electron chi connectivity index (χ4n) is 2.13. The number of aryl methyl sites for hydroxylation is 1. The molecule has 1 unspecified atom stereocenters. The summed E-state index contributed by atoms with van der Waals surface area (Å²) in [5.41, 5.74) is 1.84. The highest BCUT2D eigenvalue weighted by molar-refractivity contribution is 7.88. The highest BCUT2D eigenvalue weighted by Gasteiger charge is 2.28. The van der Waals surface area contributed by atoms with E-state index < -0.39 is 10.0 Å². The molecule has 1 heterocycles. The molecule has 1 aliphatic rings. The molecule has 116 valence electrons. The van der Waals surface area contributed by atoms with Gasteiger partial charge in [-0.3, -0.25) is 0 Å². The lowest BCUT2D eigenvalue weighted by molar-refractivity contribution is 0.131. The molecule has 1 aliphatic heterocycles. The van der Waals surface area contributed by atoms with E-state index in [1.807, 2.05) is 31.2 Å². The van der Waals surface area contributed by atoms with Gasteiger partial charge in [-0.1, -0.05) is 29.8 Å². The van der Waals surface area contributed by atoms with Gasteiger partial charge in [0, 0.05) is 13.6 Å². The SMILES string of the molecule is Cc1ccc(CS(=O)(=O)NCCC2CN(C)C(=O)O2)cc1. The van der Waals surface area contributed by atoms with Gasteiger partial charge in [0.15, 0.2) is 0 Å². The Kier molecular flexibility index (Phi) is 4.84. The van der Waals surface area contributed by atoms with Crippen LogP contribution in [-0.4, -0.2) is 45.7 Å². The lowest BCUT2D eigenvalue weighted by atomic mass is 10.2. The number of amides is 1. The van der Waals surface area contributed by atoms with Crippen LogP contribution >= 0.6 is 0 Å². The van der Waals surface area contributed by atoms with Crippen LogP contribution in [0.15, 0.2) is 24.3 Å². The van der Waals surface area contributed by atoms with Gasteiger partial charge in [0.05, 0.1) is 12.3 Å². The van der Waals surface area contributed by atoms with Gasteiger partial charge in [-0.25, -0.2) is 17.9 Å². The lowest BCUT2D eigenvalue weighted by Crippen LogP contribution is -2.29. The van der Waals surface area contributed by atoms with Gasteiger partial charge < -0.3 is 9.64 Å². The zero-order valence-electron chi connectivity index (χ0n) is 12.2. The summed E-state index contributed by atoms with van der Waals surface area (Å²) in [6, 6.07) is 7.39. The Morgan fingerprint density at radius 3 is 2.57 bits per heavy atom. The summed E-state index contributed by atoms with van der Waals surface area (Å²) in [6.45, 7) is 2.72. The van der Waals surface area contributed by atoms with Crippen molar-refractivity contribution >= 4 is 16.1 Å².